The molecule has 2 aromatic rings. The number of nitrogens with one attached hydrogen (secondary N) is 1. The van der Waals surface area contributed by atoms with Crippen molar-refractivity contribution in [3.8, 4) is 6.07 Å². The van der Waals surface area contributed by atoms with Crippen molar-refractivity contribution >= 4 is 5.82 Å². The third kappa shape index (κ3) is 4.19. The number of benzene rings is 1. The topological polar surface area (TPSA) is 61.6 Å². The average Bonchev–Trinajstić information content (AvgIpc) is 2.52. The van der Waals surface area contributed by atoms with Gasteiger partial charge in [0, 0.05) is 6.42 Å². The molecule has 0 aliphatic carbocycles. The largest absolute Gasteiger partial charge is 0.435 e. The first-order valence-corrected chi connectivity index (χ1v) is 6.60. The number of hydrogen-bond donors (Lipinski definition) is 1. The number of nitriles is 1. The monoisotopic (exact) mass is 306 g/mol. The van der Waals surface area contributed by atoms with Crippen LogP contribution in [0.5, 0.6) is 0 Å². The van der Waals surface area contributed by atoms with E-state index in [9.17, 15) is 13.2 Å². The Bertz CT molecular complexity index is 633. The second kappa shape index (κ2) is 6.89. The molecule has 1 unspecified atom stereocenters. The maximum atomic E-state index is 12.5. The van der Waals surface area contributed by atoms with Gasteiger partial charge in [-0.25, -0.2) is 0 Å². The van der Waals surface area contributed by atoms with Crippen LogP contribution in [0.2, 0.25) is 0 Å². The van der Waals surface area contributed by atoms with Crippen molar-refractivity contribution in [1.82, 2.24) is 10.2 Å². The molecule has 0 fully saturated rings. The molecule has 0 amide bonds. The van der Waals surface area contributed by atoms with E-state index in [1.54, 1.807) is 0 Å². The van der Waals surface area contributed by atoms with E-state index in [1.807, 2.05) is 30.3 Å². The zero-order chi connectivity index (χ0) is 16.0. The lowest BCUT2D eigenvalue weighted by Crippen LogP contribution is -2.14. The van der Waals surface area contributed by atoms with Crippen molar-refractivity contribution in [1.29, 1.82) is 5.26 Å². The number of nitrogens with zero attached hydrogens (tertiary/aromatic N) is 3. The van der Waals surface area contributed by atoms with Gasteiger partial charge in [0.15, 0.2) is 5.69 Å². The summed E-state index contributed by atoms with van der Waals surface area (Å²) in [6, 6.07) is 13.3. The summed E-state index contributed by atoms with van der Waals surface area (Å²) in [5.41, 5.74) is -0.106. The molecule has 2 rings (SSSR count). The van der Waals surface area contributed by atoms with Crippen LogP contribution in [0.1, 0.15) is 30.1 Å². The van der Waals surface area contributed by atoms with Crippen LogP contribution in [-0.2, 0) is 6.18 Å². The normalized spacial score (nSPS) is 12.5. The van der Waals surface area contributed by atoms with Gasteiger partial charge in [-0.1, -0.05) is 30.3 Å². The van der Waals surface area contributed by atoms with Crippen LogP contribution >= 0.6 is 0 Å². The lowest BCUT2D eigenvalue weighted by atomic mass is 10.0. The van der Waals surface area contributed by atoms with Gasteiger partial charge in [-0.3, -0.25) is 0 Å². The Kier molecular flexibility index (Phi) is 4.94. The Morgan fingerprint density at radius 2 is 1.82 bits per heavy atom. The minimum absolute atomic E-state index is 0.216. The summed E-state index contributed by atoms with van der Waals surface area (Å²) in [7, 11) is 0. The van der Waals surface area contributed by atoms with Crippen molar-refractivity contribution in [2.45, 2.75) is 25.1 Å². The van der Waals surface area contributed by atoms with Crippen LogP contribution in [0, 0.1) is 11.3 Å². The van der Waals surface area contributed by atoms with Gasteiger partial charge in [-0.05, 0) is 24.1 Å². The van der Waals surface area contributed by atoms with Crippen LogP contribution in [-0.4, -0.2) is 10.2 Å². The number of halogens is 3. The van der Waals surface area contributed by atoms with E-state index >= 15 is 0 Å². The summed E-state index contributed by atoms with van der Waals surface area (Å²) in [4.78, 5) is 0. The van der Waals surface area contributed by atoms with Crippen LogP contribution in [0.4, 0.5) is 19.0 Å². The van der Waals surface area contributed by atoms with Crippen LogP contribution in [0.15, 0.2) is 42.5 Å². The molecule has 0 spiro atoms. The summed E-state index contributed by atoms with van der Waals surface area (Å²) >= 11 is 0. The molecule has 114 valence electrons. The Labute approximate surface area is 125 Å². The molecule has 0 saturated heterocycles. The first kappa shape index (κ1) is 15.8. The average molecular weight is 306 g/mol. The van der Waals surface area contributed by atoms with Gasteiger partial charge in [0.2, 0.25) is 0 Å². The summed E-state index contributed by atoms with van der Waals surface area (Å²) in [6.07, 6.45) is -3.67. The highest BCUT2D eigenvalue weighted by Crippen LogP contribution is 2.28. The van der Waals surface area contributed by atoms with Crippen molar-refractivity contribution in [3.63, 3.8) is 0 Å². The Morgan fingerprint density at radius 1 is 1.09 bits per heavy atom. The molecule has 1 N–H and O–H groups in total. The molecule has 1 heterocycles. The van der Waals surface area contributed by atoms with Crippen LogP contribution in [0.25, 0.3) is 0 Å². The highest BCUT2D eigenvalue weighted by atomic mass is 19.4. The minimum atomic E-state index is -4.51. The molecule has 22 heavy (non-hydrogen) atoms. The number of aromatic nitrogens is 2. The molecule has 1 aromatic carbocycles. The quantitative estimate of drug-likeness (QED) is 0.908. The predicted molar refractivity (Wildman–Crippen MR) is 74.7 cm³/mol. The summed E-state index contributed by atoms with van der Waals surface area (Å²) in [5.74, 6) is 0.236. The Balaban J connectivity index is 2.15. The number of anilines is 1. The number of alkyl halides is 3. The molecule has 1 aromatic heterocycles. The maximum absolute atomic E-state index is 12.5. The molecular formula is C15H13F3N4. The lowest BCUT2D eigenvalue weighted by molar-refractivity contribution is -0.141. The van der Waals surface area contributed by atoms with Crippen molar-refractivity contribution in [3.05, 3.63) is 53.7 Å². The standard InChI is InChI=1S/C15H13F3N4/c16-15(17,18)13-8-9-14(22-21-13)20-12(7-4-10-19)11-5-2-1-3-6-11/h1-3,5-6,8-9,12H,4,7H2,(H,20,22). The fourth-order valence-electron chi connectivity index (χ4n) is 1.96. The summed E-state index contributed by atoms with van der Waals surface area (Å²) in [6.45, 7) is 0. The molecule has 4 nitrogen and oxygen atoms in total. The zero-order valence-electron chi connectivity index (χ0n) is 11.5. The van der Waals surface area contributed by atoms with E-state index < -0.39 is 11.9 Å². The zero-order valence-corrected chi connectivity index (χ0v) is 11.5. The molecule has 7 heteroatoms. The Morgan fingerprint density at radius 3 is 2.36 bits per heavy atom. The molecule has 0 aliphatic heterocycles. The van der Waals surface area contributed by atoms with E-state index in [0.717, 1.165) is 11.6 Å². The molecule has 0 bridgehead atoms. The van der Waals surface area contributed by atoms with Gasteiger partial charge >= 0.3 is 6.18 Å². The predicted octanol–water partition coefficient (Wildman–Crippen LogP) is 3.95. The summed E-state index contributed by atoms with van der Waals surface area (Å²) < 4.78 is 37.4. The van der Waals surface area contributed by atoms with E-state index in [4.69, 9.17) is 5.26 Å². The van der Waals surface area contributed by atoms with Crippen molar-refractivity contribution in [2.75, 3.05) is 5.32 Å². The van der Waals surface area contributed by atoms with E-state index in [-0.39, 0.29) is 11.9 Å². The Hall–Kier alpha value is -2.62. The molecule has 0 radical (unpaired) electrons. The number of hydrogen-bond acceptors (Lipinski definition) is 4. The first-order chi connectivity index (χ1) is 10.5. The second-order valence-electron chi connectivity index (χ2n) is 4.61. The van der Waals surface area contributed by atoms with E-state index in [0.29, 0.717) is 12.8 Å². The fraction of sp³-hybridized carbons (Fsp3) is 0.267. The van der Waals surface area contributed by atoms with E-state index in [1.165, 1.54) is 6.07 Å². The van der Waals surface area contributed by atoms with Crippen molar-refractivity contribution in [2.24, 2.45) is 0 Å². The molecule has 1 atom stereocenters. The van der Waals surface area contributed by atoms with Gasteiger partial charge in [-0.2, -0.15) is 18.4 Å². The lowest BCUT2D eigenvalue weighted by Gasteiger charge is -2.18. The van der Waals surface area contributed by atoms with Gasteiger partial charge in [0.1, 0.15) is 5.82 Å². The van der Waals surface area contributed by atoms with Gasteiger partial charge in [-0.15, -0.1) is 10.2 Å². The van der Waals surface area contributed by atoms with Crippen LogP contribution < -0.4 is 5.32 Å². The third-order valence-electron chi connectivity index (χ3n) is 3.02. The minimum Gasteiger partial charge on any atom is -0.362 e. The maximum Gasteiger partial charge on any atom is 0.435 e. The molecular weight excluding hydrogens is 293 g/mol. The van der Waals surface area contributed by atoms with Gasteiger partial charge < -0.3 is 5.32 Å². The molecule has 0 aliphatic rings. The van der Waals surface area contributed by atoms with E-state index in [2.05, 4.69) is 21.6 Å². The number of rotatable bonds is 5. The second-order valence-corrected chi connectivity index (χ2v) is 4.61. The SMILES string of the molecule is N#CCCC(Nc1ccc(C(F)(F)F)nn1)c1ccccc1. The highest BCUT2D eigenvalue weighted by Gasteiger charge is 2.32. The van der Waals surface area contributed by atoms with Gasteiger partial charge in [0.05, 0.1) is 12.1 Å². The van der Waals surface area contributed by atoms with Crippen molar-refractivity contribution < 1.29 is 13.2 Å². The van der Waals surface area contributed by atoms with Gasteiger partial charge in [0.25, 0.3) is 0 Å². The summed E-state index contributed by atoms with van der Waals surface area (Å²) in [5, 5.41) is 18.5. The van der Waals surface area contributed by atoms with Crippen LogP contribution in [0.3, 0.4) is 0 Å². The smallest absolute Gasteiger partial charge is 0.362 e. The fourth-order valence-corrected chi connectivity index (χ4v) is 1.96. The molecule has 0 saturated carbocycles. The third-order valence-corrected chi connectivity index (χ3v) is 3.02. The first-order valence-electron chi connectivity index (χ1n) is 6.60. The highest BCUT2D eigenvalue weighted by molar-refractivity contribution is 5.38.